The van der Waals surface area contributed by atoms with Gasteiger partial charge in [0.05, 0.1) is 29.1 Å². The molecule has 3 aliphatic rings. The van der Waals surface area contributed by atoms with Crippen LogP contribution in [-0.2, 0) is 18.9 Å². The zero-order valence-corrected chi connectivity index (χ0v) is 37.6. The van der Waals surface area contributed by atoms with Gasteiger partial charge in [0.1, 0.15) is 64.6 Å². The van der Waals surface area contributed by atoms with Crippen molar-refractivity contribution in [1.82, 2.24) is 0 Å². The van der Waals surface area contributed by atoms with E-state index in [9.17, 15) is 24.6 Å². The molecular weight excluding hydrogens is 829 g/mol. The summed E-state index contributed by atoms with van der Waals surface area (Å²) in [5.74, 6) is 1.30. The molecule has 0 amide bonds. The van der Waals surface area contributed by atoms with Crippen molar-refractivity contribution >= 4 is 39.2 Å². The van der Waals surface area contributed by atoms with Crippen LogP contribution in [0.15, 0.2) is 81.2 Å². The Kier molecular flexibility index (Phi) is 14.8. The van der Waals surface area contributed by atoms with E-state index in [1.165, 1.54) is 0 Å². The zero-order valence-electron chi connectivity index (χ0n) is 37.6. The Balaban J connectivity index is 0.000000213. The minimum Gasteiger partial charge on any atom is -0.488 e. The highest BCUT2D eigenvalue weighted by atomic mass is 16.8. The summed E-state index contributed by atoms with van der Waals surface area (Å²) in [6.45, 7) is 30.2. The zero-order chi connectivity index (χ0) is 46.7. The monoisotopic (exact) mass is 886 g/mol. The van der Waals surface area contributed by atoms with Gasteiger partial charge in [0.2, 0.25) is 18.7 Å². The number of aliphatic hydroxyl groups is 2. The molecule has 15 nitrogen and oxygen atoms in total. The van der Waals surface area contributed by atoms with E-state index in [0.717, 1.165) is 6.42 Å². The van der Waals surface area contributed by atoms with Gasteiger partial charge in [-0.2, -0.15) is 0 Å². The number of benzene rings is 2. The van der Waals surface area contributed by atoms with E-state index in [1.807, 2.05) is 27.7 Å². The summed E-state index contributed by atoms with van der Waals surface area (Å²) in [6, 6.07) is 6.91. The Morgan fingerprint density at radius 1 is 0.672 bits per heavy atom. The molecule has 5 heterocycles. The van der Waals surface area contributed by atoms with Crippen LogP contribution < -0.4 is 30.2 Å². The molecule has 0 aliphatic carbocycles. The van der Waals surface area contributed by atoms with Gasteiger partial charge in [0.25, 0.3) is 0 Å². The molecule has 3 saturated heterocycles. The Morgan fingerprint density at radius 2 is 1.11 bits per heavy atom. The topological polar surface area (TPSA) is 192 Å². The number of aryl methyl sites for hydroxylation is 2. The number of carbonyl (C=O) groups is 1. The van der Waals surface area contributed by atoms with Crippen molar-refractivity contribution in [3.05, 3.63) is 106 Å². The molecule has 64 heavy (non-hydrogen) atoms. The number of allylic oxidation sites excluding steroid dienone is 2. The lowest BCUT2D eigenvalue weighted by Gasteiger charge is -2.41. The molecule has 0 spiro atoms. The fourth-order valence-corrected chi connectivity index (χ4v) is 8.32. The van der Waals surface area contributed by atoms with Crippen molar-refractivity contribution in [2.75, 3.05) is 13.2 Å². The van der Waals surface area contributed by atoms with Crippen LogP contribution >= 0.6 is 0 Å². The van der Waals surface area contributed by atoms with Crippen LogP contribution in [0.25, 0.3) is 33.1 Å². The number of hydrogen-bond acceptors (Lipinski definition) is 15. The van der Waals surface area contributed by atoms with Crippen molar-refractivity contribution in [2.45, 2.75) is 117 Å². The third-order valence-corrected chi connectivity index (χ3v) is 11.8. The first-order valence-electron chi connectivity index (χ1n) is 21.3. The molecule has 3 fully saturated rings. The predicted octanol–water partition coefficient (Wildman–Crippen LogP) is 8.32. The van der Waals surface area contributed by atoms with E-state index >= 15 is 0 Å². The second kappa shape index (κ2) is 19.9. The highest BCUT2D eigenvalue weighted by Gasteiger charge is 2.53. The Labute approximate surface area is 371 Å². The van der Waals surface area contributed by atoms with Crippen molar-refractivity contribution in [1.29, 1.82) is 0 Å². The SMILES string of the molecule is C=CCOc1c(C(=C)C)c(=O)oc2c(C)c(OC3O[C@@H](CC)[C@H](C)[C@@H](O)[C@H]3O)ccc12.C=CCOc1c(C(=C)C)c(=O)oc2c(C)c(OC3O[C@@H](CC)[C@H](C)[C@H]4OC(=O)O[C@@H]34)ccc12. The fraction of sp³-hybridized carbons (Fsp3) is 0.449. The summed E-state index contributed by atoms with van der Waals surface area (Å²) in [5, 5.41) is 22.0. The molecule has 2 unspecified atom stereocenters. The molecule has 344 valence electrons. The van der Waals surface area contributed by atoms with Gasteiger partial charge in [-0.15, -0.1) is 0 Å². The van der Waals surface area contributed by atoms with E-state index < -0.39 is 54.4 Å². The summed E-state index contributed by atoms with van der Waals surface area (Å²) in [6.07, 6.45) is -1.83. The van der Waals surface area contributed by atoms with E-state index in [2.05, 4.69) is 26.3 Å². The van der Waals surface area contributed by atoms with E-state index in [-0.39, 0.29) is 48.4 Å². The quantitative estimate of drug-likeness (QED) is 0.0697. The number of aliphatic hydroxyl groups excluding tert-OH is 2. The number of hydrogen-bond donors (Lipinski definition) is 2. The van der Waals surface area contributed by atoms with Gasteiger partial charge in [-0.3, -0.25) is 0 Å². The van der Waals surface area contributed by atoms with Gasteiger partial charge in [0.15, 0.2) is 6.10 Å². The number of fused-ring (bicyclic) bond motifs is 3. The molecule has 3 aliphatic heterocycles. The molecule has 0 bridgehead atoms. The Hall–Kier alpha value is -5.87. The molecule has 4 aromatic rings. The lowest BCUT2D eigenvalue weighted by Crippen LogP contribution is -2.55. The molecule has 10 atom stereocenters. The lowest BCUT2D eigenvalue weighted by atomic mass is 9.89. The van der Waals surface area contributed by atoms with Crippen LogP contribution in [0.1, 0.15) is 76.6 Å². The predicted molar refractivity (Wildman–Crippen MR) is 240 cm³/mol. The Morgan fingerprint density at radius 3 is 1.56 bits per heavy atom. The van der Waals surface area contributed by atoms with Crippen LogP contribution in [0, 0.1) is 25.7 Å². The third-order valence-electron chi connectivity index (χ3n) is 11.8. The number of ether oxygens (including phenoxy) is 8. The maximum Gasteiger partial charge on any atom is 0.509 e. The van der Waals surface area contributed by atoms with Crippen LogP contribution in [0.5, 0.6) is 23.0 Å². The summed E-state index contributed by atoms with van der Waals surface area (Å²) >= 11 is 0. The molecule has 0 radical (unpaired) electrons. The van der Waals surface area contributed by atoms with Crippen LogP contribution in [-0.4, -0.2) is 78.8 Å². The van der Waals surface area contributed by atoms with E-state index in [4.69, 9.17) is 46.7 Å². The van der Waals surface area contributed by atoms with Gasteiger partial charge >= 0.3 is 17.4 Å². The summed E-state index contributed by atoms with van der Waals surface area (Å²) in [7, 11) is 0. The van der Waals surface area contributed by atoms with Crippen molar-refractivity contribution < 1.29 is 61.7 Å². The van der Waals surface area contributed by atoms with Crippen molar-refractivity contribution in [3.63, 3.8) is 0 Å². The second-order valence-electron chi connectivity index (χ2n) is 16.3. The first kappa shape index (κ1) is 47.6. The van der Waals surface area contributed by atoms with Crippen LogP contribution in [0.3, 0.4) is 0 Å². The highest BCUT2D eigenvalue weighted by molar-refractivity contribution is 5.92. The fourth-order valence-electron chi connectivity index (χ4n) is 8.32. The molecule has 2 aromatic carbocycles. The molecule has 2 aromatic heterocycles. The largest absolute Gasteiger partial charge is 0.509 e. The maximum absolute atomic E-state index is 12.7. The van der Waals surface area contributed by atoms with Crippen LogP contribution in [0.2, 0.25) is 0 Å². The average Bonchev–Trinajstić information content (AvgIpc) is 3.67. The first-order valence-corrected chi connectivity index (χ1v) is 21.3. The van der Waals surface area contributed by atoms with E-state index in [0.29, 0.717) is 73.6 Å². The van der Waals surface area contributed by atoms with Gasteiger partial charge in [-0.1, -0.05) is 66.2 Å². The van der Waals surface area contributed by atoms with Gasteiger partial charge in [-0.05, 0) is 75.9 Å². The van der Waals surface area contributed by atoms with Crippen molar-refractivity contribution in [3.8, 4) is 23.0 Å². The lowest BCUT2D eigenvalue weighted by molar-refractivity contribution is -0.255. The standard InChI is InChI=1S/C25H28O8.C24H30O7/c1-7-11-28-21-15-9-10-17(14(6)19(15)31-23(26)18(21)12(3)4)30-24-22-20(32-25(27)33-22)13(5)16(8-2)29-24;1-7-11-28-22-15-9-10-17(14(6)21(15)31-23(27)18(22)12(3)4)30-24-20(26)19(25)13(5)16(8-2)29-24/h7,9-10,13,16,20,22,24H,1,3,8,11H2,2,4-6H3;7,9-10,13,16,19-20,24-26H,1,3,8,11H2,2,4-6H3/t13-,16-,20+,22+,24?;13-,16-,19+,20+,24?/m00/s1. The average molecular weight is 887 g/mol. The van der Waals surface area contributed by atoms with E-state index in [1.54, 1.807) is 64.1 Å². The molecule has 15 heteroatoms. The van der Waals surface area contributed by atoms with Gasteiger partial charge in [0, 0.05) is 23.0 Å². The third kappa shape index (κ3) is 9.21. The smallest absolute Gasteiger partial charge is 0.488 e. The van der Waals surface area contributed by atoms with Gasteiger partial charge in [-0.25, -0.2) is 14.4 Å². The van der Waals surface area contributed by atoms with Crippen molar-refractivity contribution in [2.24, 2.45) is 11.8 Å². The van der Waals surface area contributed by atoms with Crippen LogP contribution in [0.4, 0.5) is 4.79 Å². The highest BCUT2D eigenvalue weighted by Crippen LogP contribution is 2.41. The normalized spacial score (nSPS) is 26.1. The molecule has 2 N–H and O–H groups in total. The molecule has 7 rings (SSSR count). The summed E-state index contributed by atoms with van der Waals surface area (Å²) in [5.41, 5.74) is 2.26. The summed E-state index contributed by atoms with van der Waals surface area (Å²) in [4.78, 5) is 37.2. The minimum absolute atomic E-state index is 0.0350. The number of carbonyl (C=O) groups excluding carboxylic acids is 1. The molecule has 0 saturated carbocycles. The summed E-state index contributed by atoms with van der Waals surface area (Å²) < 4.78 is 57.6. The second-order valence-corrected chi connectivity index (χ2v) is 16.3. The Bertz CT molecular complexity index is 2550. The first-order chi connectivity index (χ1) is 30.5. The van der Waals surface area contributed by atoms with Gasteiger partial charge < -0.3 is 56.9 Å². The number of rotatable bonds is 14. The molecular formula is C49H58O15. The minimum atomic E-state index is -1.21. The maximum atomic E-state index is 12.7.